The maximum absolute atomic E-state index is 12.7. The van der Waals surface area contributed by atoms with Crippen molar-refractivity contribution in [2.75, 3.05) is 6.54 Å². The fraction of sp³-hybridized carbons (Fsp3) is 0.389. The Kier molecular flexibility index (Phi) is 4.60. The summed E-state index contributed by atoms with van der Waals surface area (Å²) in [5.41, 5.74) is 2.02. The highest BCUT2D eigenvalue weighted by atomic mass is 32.1. The van der Waals surface area contributed by atoms with Crippen LogP contribution < -0.4 is 0 Å². The molecule has 3 rings (SSSR count). The van der Waals surface area contributed by atoms with Crippen molar-refractivity contribution in [3.8, 4) is 0 Å². The van der Waals surface area contributed by atoms with Gasteiger partial charge in [0.2, 0.25) is 5.91 Å². The molecule has 1 aliphatic heterocycles. The van der Waals surface area contributed by atoms with Crippen molar-refractivity contribution in [2.45, 2.75) is 32.4 Å². The van der Waals surface area contributed by atoms with Gasteiger partial charge >= 0.3 is 0 Å². The highest BCUT2D eigenvalue weighted by Gasteiger charge is 2.26. The third-order valence-electron chi connectivity index (χ3n) is 4.27. The number of benzene rings is 1. The predicted octanol–water partition coefficient (Wildman–Crippen LogP) is 3.39. The lowest BCUT2D eigenvalue weighted by Gasteiger charge is -2.24. The minimum atomic E-state index is -0.471. The van der Waals surface area contributed by atoms with Crippen LogP contribution in [0.25, 0.3) is 0 Å². The first-order valence-electron chi connectivity index (χ1n) is 7.72. The van der Waals surface area contributed by atoms with E-state index in [9.17, 15) is 9.90 Å². The van der Waals surface area contributed by atoms with E-state index in [-0.39, 0.29) is 11.8 Å². The Hall–Kier alpha value is -1.65. The Bertz CT molecular complexity index is 638. The van der Waals surface area contributed by atoms with Crippen LogP contribution in [0.3, 0.4) is 0 Å². The van der Waals surface area contributed by atoms with Gasteiger partial charge in [-0.1, -0.05) is 37.3 Å². The van der Waals surface area contributed by atoms with Crippen LogP contribution >= 0.6 is 11.3 Å². The van der Waals surface area contributed by atoms with Gasteiger partial charge in [0, 0.05) is 23.9 Å². The topological polar surface area (TPSA) is 40.5 Å². The third-order valence-corrected chi connectivity index (χ3v) is 5.17. The molecule has 1 aromatic carbocycles. The second-order valence-corrected chi connectivity index (χ2v) is 6.98. The number of hydrogen-bond acceptors (Lipinski definition) is 3. The first-order valence-corrected chi connectivity index (χ1v) is 8.60. The fourth-order valence-corrected chi connectivity index (χ4v) is 3.87. The maximum Gasteiger partial charge on any atom is 0.226 e. The minimum Gasteiger partial charge on any atom is -0.388 e. The molecule has 1 amide bonds. The zero-order valence-electron chi connectivity index (χ0n) is 12.7. The van der Waals surface area contributed by atoms with Crippen molar-refractivity contribution in [3.63, 3.8) is 0 Å². The van der Waals surface area contributed by atoms with Crippen LogP contribution in [0.1, 0.15) is 35.5 Å². The summed E-state index contributed by atoms with van der Waals surface area (Å²) in [4.78, 5) is 15.9. The van der Waals surface area contributed by atoms with Crippen LogP contribution in [0.4, 0.5) is 0 Å². The average molecular weight is 315 g/mol. The van der Waals surface area contributed by atoms with Crippen LogP contribution in [0, 0.1) is 5.92 Å². The van der Waals surface area contributed by atoms with E-state index in [0.717, 1.165) is 17.5 Å². The average Bonchev–Trinajstić information content (AvgIpc) is 2.97. The molecule has 1 aromatic heterocycles. The van der Waals surface area contributed by atoms with E-state index in [2.05, 4.69) is 6.07 Å². The van der Waals surface area contributed by atoms with Gasteiger partial charge in [0.1, 0.15) is 0 Å². The van der Waals surface area contributed by atoms with Gasteiger partial charge in [0.25, 0.3) is 0 Å². The number of thiophene rings is 1. The van der Waals surface area contributed by atoms with Crippen molar-refractivity contribution in [1.82, 2.24) is 4.90 Å². The van der Waals surface area contributed by atoms with Crippen molar-refractivity contribution in [2.24, 2.45) is 5.92 Å². The summed E-state index contributed by atoms with van der Waals surface area (Å²) in [6.45, 7) is 3.21. The van der Waals surface area contributed by atoms with Gasteiger partial charge in [-0.3, -0.25) is 4.79 Å². The molecule has 2 atom stereocenters. The standard InChI is InChI=1S/C18H21NO2S/c1-13(11-15-6-4-10-22-15)18(21)19-9-8-17(20)16-7-3-2-5-14(16)12-19/h2-7,10,13,17,20H,8-9,11-12H2,1H3. The Balaban J connectivity index is 1.73. The highest BCUT2D eigenvalue weighted by Crippen LogP contribution is 2.27. The zero-order chi connectivity index (χ0) is 15.5. The normalized spacial score (nSPS) is 19.4. The molecule has 0 aliphatic carbocycles. The molecule has 0 fully saturated rings. The van der Waals surface area contributed by atoms with Crippen LogP contribution in [-0.2, 0) is 17.8 Å². The molecule has 22 heavy (non-hydrogen) atoms. The number of carbonyl (C=O) groups is 1. The molecule has 1 aliphatic rings. The fourth-order valence-electron chi connectivity index (χ4n) is 3.04. The Morgan fingerprint density at radius 2 is 2.18 bits per heavy atom. The molecule has 0 spiro atoms. The van der Waals surface area contributed by atoms with Crippen LogP contribution in [0.5, 0.6) is 0 Å². The molecule has 4 heteroatoms. The molecule has 116 valence electrons. The van der Waals surface area contributed by atoms with E-state index in [1.165, 1.54) is 4.88 Å². The summed E-state index contributed by atoms with van der Waals surface area (Å²) in [5.74, 6) is 0.151. The molecule has 0 saturated heterocycles. The summed E-state index contributed by atoms with van der Waals surface area (Å²) in [6, 6.07) is 12.0. The summed E-state index contributed by atoms with van der Waals surface area (Å²) < 4.78 is 0. The van der Waals surface area contributed by atoms with E-state index in [1.54, 1.807) is 11.3 Å². The van der Waals surface area contributed by atoms with Gasteiger partial charge in [-0.2, -0.15) is 0 Å². The number of aliphatic hydroxyl groups excluding tert-OH is 1. The number of nitrogens with zero attached hydrogens (tertiary/aromatic N) is 1. The van der Waals surface area contributed by atoms with E-state index >= 15 is 0 Å². The number of fused-ring (bicyclic) bond motifs is 1. The lowest BCUT2D eigenvalue weighted by molar-refractivity contribution is -0.135. The number of rotatable bonds is 3. The summed E-state index contributed by atoms with van der Waals surface area (Å²) >= 11 is 1.70. The Morgan fingerprint density at radius 1 is 1.36 bits per heavy atom. The molecule has 2 heterocycles. The smallest absolute Gasteiger partial charge is 0.226 e. The van der Waals surface area contributed by atoms with E-state index in [4.69, 9.17) is 0 Å². The minimum absolute atomic E-state index is 0.0268. The molecule has 1 N–H and O–H groups in total. The van der Waals surface area contributed by atoms with Gasteiger partial charge in [0.15, 0.2) is 0 Å². The predicted molar refractivity (Wildman–Crippen MR) is 88.6 cm³/mol. The number of amides is 1. The highest BCUT2D eigenvalue weighted by molar-refractivity contribution is 7.09. The lowest BCUT2D eigenvalue weighted by atomic mass is 10.0. The summed E-state index contributed by atoms with van der Waals surface area (Å²) in [6.07, 6.45) is 0.924. The van der Waals surface area contributed by atoms with E-state index in [0.29, 0.717) is 19.5 Å². The van der Waals surface area contributed by atoms with Gasteiger partial charge in [-0.05, 0) is 35.4 Å². The number of aliphatic hydroxyl groups is 1. The van der Waals surface area contributed by atoms with E-state index < -0.39 is 6.10 Å². The van der Waals surface area contributed by atoms with Gasteiger partial charge in [0.05, 0.1) is 6.10 Å². The largest absolute Gasteiger partial charge is 0.388 e. The van der Waals surface area contributed by atoms with Gasteiger partial charge < -0.3 is 10.0 Å². The first-order chi connectivity index (χ1) is 10.6. The van der Waals surface area contributed by atoms with Crippen LogP contribution in [-0.4, -0.2) is 22.5 Å². The molecular weight excluding hydrogens is 294 g/mol. The van der Waals surface area contributed by atoms with Crippen molar-refractivity contribution in [1.29, 1.82) is 0 Å². The number of hydrogen-bond donors (Lipinski definition) is 1. The molecule has 3 nitrogen and oxygen atoms in total. The van der Waals surface area contributed by atoms with Gasteiger partial charge in [-0.15, -0.1) is 11.3 Å². The Morgan fingerprint density at radius 3 is 2.95 bits per heavy atom. The van der Waals surface area contributed by atoms with Gasteiger partial charge in [-0.25, -0.2) is 0 Å². The Labute approximate surface area is 135 Å². The molecule has 0 saturated carbocycles. The van der Waals surface area contributed by atoms with Crippen LogP contribution in [0.2, 0.25) is 0 Å². The van der Waals surface area contributed by atoms with Crippen molar-refractivity contribution < 1.29 is 9.90 Å². The first kappa shape index (κ1) is 15.3. The molecule has 2 unspecified atom stereocenters. The SMILES string of the molecule is CC(Cc1cccs1)C(=O)N1CCC(O)c2ccccc2C1. The number of carbonyl (C=O) groups excluding carboxylic acids is 1. The molecular formula is C18H21NO2S. The summed E-state index contributed by atoms with van der Waals surface area (Å²) in [7, 11) is 0. The molecule has 2 aromatic rings. The second-order valence-electron chi connectivity index (χ2n) is 5.95. The molecule has 0 radical (unpaired) electrons. The summed E-state index contributed by atoms with van der Waals surface area (Å²) in [5, 5.41) is 12.3. The van der Waals surface area contributed by atoms with Crippen LogP contribution in [0.15, 0.2) is 41.8 Å². The quantitative estimate of drug-likeness (QED) is 0.943. The van der Waals surface area contributed by atoms with E-state index in [1.807, 2.05) is 47.5 Å². The van der Waals surface area contributed by atoms with Crippen molar-refractivity contribution >= 4 is 17.2 Å². The third kappa shape index (κ3) is 3.23. The second kappa shape index (κ2) is 6.63. The zero-order valence-corrected chi connectivity index (χ0v) is 13.6. The maximum atomic E-state index is 12.7. The lowest BCUT2D eigenvalue weighted by Crippen LogP contribution is -2.35. The molecule has 0 bridgehead atoms. The monoisotopic (exact) mass is 315 g/mol. The van der Waals surface area contributed by atoms with Crippen molar-refractivity contribution in [3.05, 3.63) is 57.8 Å².